The molecule has 0 atom stereocenters. The van der Waals surface area contributed by atoms with Gasteiger partial charge < -0.3 is 14.8 Å². The smallest absolute Gasteiger partial charge is 0.318 e. The van der Waals surface area contributed by atoms with Crippen molar-refractivity contribution < 1.29 is 14.3 Å². The molecule has 3 aliphatic heterocycles. The van der Waals surface area contributed by atoms with Crippen LogP contribution in [-0.2, 0) is 28.9 Å². The molecule has 2 fully saturated rings. The van der Waals surface area contributed by atoms with E-state index < -0.39 is 0 Å². The van der Waals surface area contributed by atoms with E-state index in [-0.39, 0.29) is 11.9 Å². The number of anilines is 1. The minimum atomic E-state index is 0.0351. The number of carbonyl (C=O) groups is 1. The van der Waals surface area contributed by atoms with Gasteiger partial charge in [-0.25, -0.2) is 4.98 Å². The molecule has 0 radical (unpaired) electrons. The highest BCUT2D eigenvalue weighted by Crippen LogP contribution is 2.29. The van der Waals surface area contributed by atoms with E-state index in [4.69, 9.17) is 9.47 Å². The third-order valence-electron chi connectivity index (χ3n) is 6.21. The van der Waals surface area contributed by atoms with E-state index >= 15 is 0 Å². The first-order valence-electron chi connectivity index (χ1n) is 11.3. The molecule has 0 unspecified atom stereocenters. The maximum Gasteiger partial charge on any atom is 0.318 e. The number of aryl methyl sites for hydroxylation is 1. The highest BCUT2D eigenvalue weighted by atomic mass is 16.5. The Balaban J connectivity index is 0.000000275. The first-order valence-corrected chi connectivity index (χ1v) is 11.3. The average molecular weight is 425 g/mol. The van der Waals surface area contributed by atoms with Gasteiger partial charge in [0.1, 0.15) is 12.4 Å². The van der Waals surface area contributed by atoms with Crippen LogP contribution < -0.4 is 15.0 Å². The summed E-state index contributed by atoms with van der Waals surface area (Å²) in [6.07, 6.45) is 8.80. The molecule has 166 valence electrons. The zero-order chi connectivity index (χ0) is 21.6. The van der Waals surface area contributed by atoms with Gasteiger partial charge in [0, 0.05) is 31.0 Å². The summed E-state index contributed by atoms with van der Waals surface area (Å²) in [6, 6.07) is 10.4. The third kappa shape index (κ3) is 5.40. The number of methoxy groups -OCH3 is 1. The third-order valence-corrected chi connectivity index (χ3v) is 6.21. The van der Waals surface area contributed by atoms with Gasteiger partial charge in [0.25, 0.3) is 0 Å². The Labute approximate surface area is 184 Å². The number of hydrogen-bond acceptors (Lipinski definition) is 6. The monoisotopic (exact) mass is 424 g/mol. The summed E-state index contributed by atoms with van der Waals surface area (Å²) in [5.41, 5.74) is 3.20. The van der Waals surface area contributed by atoms with E-state index in [1.165, 1.54) is 31.2 Å². The SMILES string of the molecule is C1CC2CCC1N2.CCc1ccc(CN2C(=O)Cc3cnc(OCCOC)nc32)cc1. The minimum Gasteiger partial charge on any atom is -0.461 e. The first kappa shape index (κ1) is 21.7. The Kier molecular flexibility index (Phi) is 7.14. The molecule has 2 bridgehead atoms. The lowest BCUT2D eigenvalue weighted by Crippen LogP contribution is -2.26. The van der Waals surface area contributed by atoms with Crippen molar-refractivity contribution in [2.45, 2.75) is 64.1 Å². The van der Waals surface area contributed by atoms with Crippen LogP contribution in [0, 0.1) is 0 Å². The van der Waals surface area contributed by atoms with Crippen LogP contribution in [0.5, 0.6) is 6.01 Å². The van der Waals surface area contributed by atoms with Crippen LogP contribution in [0.25, 0.3) is 0 Å². The fraction of sp³-hybridized carbons (Fsp3) is 0.542. The number of hydrogen-bond donors (Lipinski definition) is 1. The van der Waals surface area contributed by atoms with Gasteiger partial charge in [-0.2, -0.15) is 4.98 Å². The molecule has 0 spiro atoms. The van der Waals surface area contributed by atoms with Gasteiger partial charge in [0.2, 0.25) is 5.91 Å². The Bertz CT molecular complexity index is 869. The Hall–Kier alpha value is -2.51. The second kappa shape index (κ2) is 10.2. The lowest BCUT2D eigenvalue weighted by atomic mass is 10.0. The number of aromatic nitrogens is 2. The predicted octanol–water partition coefficient (Wildman–Crippen LogP) is 3.05. The average Bonchev–Trinajstić information content (AvgIpc) is 3.52. The highest BCUT2D eigenvalue weighted by molar-refractivity contribution is 6.00. The van der Waals surface area contributed by atoms with Crippen molar-refractivity contribution in [2.75, 3.05) is 25.2 Å². The van der Waals surface area contributed by atoms with Gasteiger partial charge >= 0.3 is 6.01 Å². The molecule has 0 saturated carbocycles. The molecule has 1 N–H and O–H groups in total. The van der Waals surface area contributed by atoms with Gasteiger partial charge in [-0.1, -0.05) is 31.2 Å². The van der Waals surface area contributed by atoms with Crippen LogP contribution in [0.15, 0.2) is 30.5 Å². The minimum absolute atomic E-state index is 0.0351. The first-order chi connectivity index (χ1) is 15.2. The molecule has 1 aromatic heterocycles. The van der Waals surface area contributed by atoms with Gasteiger partial charge in [-0.3, -0.25) is 9.69 Å². The zero-order valence-corrected chi connectivity index (χ0v) is 18.5. The van der Waals surface area contributed by atoms with E-state index in [1.54, 1.807) is 18.2 Å². The topological polar surface area (TPSA) is 76.6 Å². The maximum absolute atomic E-state index is 12.3. The molecule has 1 aromatic carbocycles. The Morgan fingerprint density at radius 2 is 1.74 bits per heavy atom. The van der Waals surface area contributed by atoms with Gasteiger partial charge in [-0.05, 0) is 43.2 Å². The lowest BCUT2D eigenvalue weighted by Gasteiger charge is -2.17. The Morgan fingerprint density at radius 1 is 1.06 bits per heavy atom. The normalized spacial score (nSPS) is 21.1. The molecular weight excluding hydrogens is 392 g/mol. The molecule has 7 nitrogen and oxygen atoms in total. The number of amides is 1. The largest absolute Gasteiger partial charge is 0.461 e. The molecule has 3 aliphatic rings. The summed E-state index contributed by atoms with van der Waals surface area (Å²) >= 11 is 0. The Morgan fingerprint density at radius 3 is 2.32 bits per heavy atom. The van der Waals surface area contributed by atoms with Crippen LogP contribution in [-0.4, -0.2) is 48.3 Å². The summed E-state index contributed by atoms with van der Waals surface area (Å²) in [6.45, 7) is 3.47. The number of rotatable bonds is 7. The number of nitrogens with one attached hydrogen (secondary N) is 1. The van der Waals surface area contributed by atoms with Crippen molar-refractivity contribution in [2.24, 2.45) is 0 Å². The fourth-order valence-electron chi connectivity index (χ4n) is 4.39. The summed E-state index contributed by atoms with van der Waals surface area (Å²) < 4.78 is 10.4. The number of benzene rings is 1. The number of carbonyl (C=O) groups excluding carboxylic acids is 1. The summed E-state index contributed by atoms with van der Waals surface area (Å²) in [5.74, 6) is 0.676. The quantitative estimate of drug-likeness (QED) is 0.689. The van der Waals surface area contributed by atoms with Crippen molar-refractivity contribution in [1.82, 2.24) is 15.3 Å². The summed E-state index contributed by atoms with van der Waals surface area (Å²) in [4.78, 5) is 22.6. The second-order valence-corrected chi connectivity index (χ2v) is 8.38. The standard InChI is InChI=1S/C18H21N3O3.C6H11N/c1-3-13-4-6-14(7-5-13)12-21-16(22)10-15-11-19-18(20-17(15)21)24-9-8-23-2;1-2-6-4-3-5(1)7-6/h4-7,11H,3,8-10,12H2,1-2H3;5-7H,1-4H2. The van der Waals surface area contributed by atoms with Crippen molar-refractivity contribution in [3.8, 4) is 6.01 Å². The van der Waals surface area contributed by atoms with Crippen LogP contribution in [0.1, 0.15) is 49.3 Å². The van der Waals surface area contributed by atoms with Crippen molar-refractivity contribution in [1.29, 1.82) is 0 Å². The molecule has 5 rings (SSSR count). The molecule has 2 saturated heterocycles. The van der Waals surface area contributed by atoms with Gasteiger partial charge in [-0.15, -0.1) is 0 Å². The fourth-order valence-corrected chi connectivity index (χ4v) is 4.39. The van der Waals surface area contributed by atoms with Crippen LogP contribution in [0.2, 0.25) is 0 Å². The number of nitrogens with zero attached hydrogens (tertiary/aromatic N) is 3. The van der Waals surface area contributed by atoms with E-state index in [2.05, 4.69) is 46.5 Å². The molecule has 4 heterocycles. The van der Waals surface area contributed by atoms with Crippen molar-refractivity contribution in [3.05, 3.63) is 47.2 Å². The number of ether oxygens (including phenoxy) is 2. The van der Waals surface area contributed by atoms with Crippen molar-refractivity contribution in [3.63, 3.8) is 0 Å². The molecule has 1 amide bonds. The molecule has 0 aliphatic carbocycles. The van der Waals surface area contributed by atoms with Gasteiger partial charge in [0.05, 0.1) is 19.6 Å². The van der Waals surface area contributed by atoms with Gasteiger partial charge in [0.15, 0.2) is 0 Å². The summed E-state index contributed by atoms with van der Waals surface area (Å²) in [7, 11) is 1.61. The molecule has 31 heavy (non-hydrogen) atoms. The van der Waals surface area contributed by atoms with E-state index in [1.807, 2.05) is 0 Å². The molecular formula is C24H32N4O3. The maximum atomic E-state index is 12.3. The molecule has 7 heteroatoms. The summed E-state index contributed by atoms with van der Waals surface area (Å²) in [5, 5.41) is 3.53. The lowest BCUT2D eigenvalue weighted by molar-refractivity contribution is -0.117. The molecule has 2 aromatic rings. The van der Waals surface area contributed by atoms with Crippen LogP contribution >= 0.6 is 0 Å². The number of fused-ring (bicyclic) bond motifs is 3. The van der Waals surface area contributed by atoms with Crippen LogP contribution in [0.4, 0.5) is 5.82 Å². The zero-order valence-electron chi connectivity index (χ0n) is 18.5. The predicted molar refractivity (Wildman–Crippen MR) is 119 cm³/mol. The van der Waals surface area contributed by atoms with Crippen molar-refractivity contribution >= 4 is 11.7 Å². The highest BCUT2D eigenvalue weighted by Gasteiger charge is 2.30. The second-order valence-electron chi connectivity index (χ2n) is 8.38. The van der Waals surface area contributed by atoms with E-state index in [0.717, 1.165) is 29.6 Å². The van der Waals surface area contributed by atoms with Crippen LogP contribution in [0.3, 0.4) is 0 Å². The van der Waals surface area contributed by atoms with E-state index in [9.17, 15) is 4.79 Å². The van der Waals surface area contributed by atoms with E-state index in [0.29, 0.717) is 32.0 Å².